The molecule has 1 nitrogen and oxygen atoms in total. The van der Waals surface area contributed by atoms with Crippen molar-refractivity contribution >= 4 is 70.9 Å². The van der Waals surface area contributed by atoms with Crippen LogP contribution in [0, 0.1) is 0 Å². The summed E-state index contributed by atoms with van der Waals surface area (Å²) in [6.07, 6.45) is 0. The Morgan fingerprint density at radius 3 is 1.38 bits per heavy atom. The van der Waals surface area contributed by atoms with E-state index in [1.54, 1.807) is 0 Å². The Balaban J connectivity index is 1.25. The molecule has 0 amide bonds. The highest BCUT2D eigenvalue weighted by molar-refractivity contribution is 6.19. The molecule has 0 fully saturated rings. The Morgan fingerprint density at radius 1 is 0.289 bits per heavy atom. The molecule has 1 aliphatic carbocycles. The summed E-state index contributed by atoms with van der Waals surface area (Å²) >= 11 is 0. The Morgan fingerprint density at radius 2 is 0.756 bits per heavy atom. The summed E-state index contributed by atoms with van der Waals surface area (Å²) in [6, 6.07) is 60.4. The number of rotatable bonds is 3. The number of nitrogens with zero attached hydrogens (tertiary/aromatic N) is 1. The molecule has 9 aromatic carbocycles. The van der Waals surface area contributed by atoms with Gasteiger partial charge in [0.2, 0.25) is 0 Å². The van der Waals surface area contributed by atoms with Gasteiger partial charge in [-0.05, 0) is 101 Å². The monoisotopic (exact) mass is 569 g/mol. The van der Waals surface area contributed by atoms with Crippen LogP contribution >= 0.6 is 0 Å². The molecule has 208 valence electrons. The highest BCUT2D eigenvalue weighted by atomic mass is 15.1. The van der Waals surface area contributed by atoms with Gasteiger partial charge in [0.05, 0.1) is 5.69 Å². The second-order valence-corrected chi connectivity index (χ2v) is 12.1. The molecule has 0 heterocycles. The highest BCUT2D eigenvalue weighted by Crippen LogP contribution is 2.51. The van der Waals surface area contributed by atoms with E-state index in [1.807, 2.05) is 0 Å². The van der Waals surface area contributed by atoms with Gasteiger partial charge in [-0.25, -0.2) is 0 Å². The summed E-state index contributed by atoms with van der Waals surface area (Å²) in [5, 5.41) is 12.7. The van der Waals surface area contributed by atoms with E-state index in [0.717, 1.165) is 11.4 Å². The van der Waals surface area contributed by atoms with E-state index in [2.05, 4.69) is 169 Å². The number of hydrogen-bond donors (Lipinski definition) is 0. The number of hydrogen-bond acceptors (Lipinski definition) is 1. The van der Waals surface area contributed by atoms with E-state index >= 15 is 0 Å². The molecule has 45 heavy (non-hydrogen) atoms. The number of fused-ring (bicyclic) bond motifs is 9. The molecule has 0 bridgehead atoms. The molecule has 0 radical (unpaired) electrons. The van der Waals surface area contributed by atoms with Crippen LogP contribution < -0.4 is 4.90 Å². The van der Waals surface area contributed by atoms with Crippen LogP contribution in [0.5, 0.6) is 0 Å². The third-order valence-corrected chi connectivity index (χ3v) is 9.74. The summed E-state index contributed by atoms with van der Waals surface area (Å²) in [5.41, 5.74) is 8.74. The van der Waals surface area contributed by atoms with Crippen LogP contribution in [0.15, 0.2) is 164 Å². The van der Waals surface area contributed by atoms with Gasteiger partial charge in [-0.15, -0.1) is 0 Å². The van der Waals surface area contributed by atoms with Crippen molar-refractivity contribution in [3.63, 3.8) is 0 Å². The standard InChI is InChI=1S/C44H27N/c1-3-10-34-28(8-1)16-18-30-26-32(20-22-36(30)34)45(33-21-23-37-31(27-33)19-17-29-9-2-4-11-35(29)37)43-25-24-41-39-13-6-5-12-38(39)40-14-7-15-42(43)44(40)41/h1-27H. The van der Waals surface area contributed by atoms with Gasteiger partial charge >= 0.3 is 0 Å². The van der Waals surface area contributed by atoms with E-state index in [4.69, 9.17) is 0 Å². The minimum Gasteiger partial charge on any atom is -0.310 e. The fourth-order valence-electron chi connectivity index (χ4n) is 7.69. The topological polar surface area (TPSA) is 3.24 Å². The van der Waals surface area contributed by atoms with Gasteiger partial charge in [-0.1, -0.05) is 133 Å². The quantitative estimate of drug-likeness (QED) is 0.191. The van der Waals surface area contributed by atoms with E-state index in [1.165, 1.54) is 81.8 Å². The predicted molar refractivity (Wildman–Crippen MR) is 193 cm³/mol. The summed E-state index contributed by atoms with van der Waals surface area (Å²) in [7, 11) is 0. The van der Waals surface area contributed by atoms with Crippen LogP contribution in [0.1, 0.15) is 0 Å². The summed E-state index contributed by atoms with van der Waals surface area (Å²) in [4.78, 5) is 2.45. The first kappa shape index (κ1) is 24.5. The van der Waals surface area contributed by atoms with Crippen molar-refractivity contribution in [2.75, 3.05) is 4.90 Å². The average Bonchev–Trinajstić information content (AvgIpc) is 3.44. The third kappa shape index (κ3) is 3.56. The first-order valence-electron chi connectivity index (χ1n) is 15.6. The first-order valence-corrected chi connectivity index (χ1v) is 15.6. The second-order valence-electron chi connectivity index (χ2n) is 12.1. The zero-order chi connectivity index (χ0) is 29.5. The lowest BCUT2D eigenvalue weighted by atomic mass is 9.98. The van der Waals surface area contributed by atoms with E-state index < -0.39 is 0 Å². The molecule has 1 heteroatoms. The smallest absolute Gasteiger partial charge is 0.0540 e. The summed E-state index contributed by atoms with van der Waals surface area (Å²) in [5.74, 6) is 0. The molecule has 0 N–H and O–H groups in total. The van der Waals surface area contributed by atoms with Crippen molar-refractivity contribution < 1.29 is 0 Å². The molecule has 9 aromatic rings. The van der Waals surface area contributed by atoms with E-state index in [-0.39, 0.29) is 0 Å². The van der Waals surface area contributed by atoms with Gasteiger partial charge in [0.25, 0.3) is 0 Å². The fourth-order valence-corrected chi connectivity index (χ4v) is 7.69. The maximum absolute atomic E-state index is 2.45. The predicted octanol–water partition coefficient (Wildman–Crippen LogP) is 12.6. The highest BCUT2D eigenvalue weighted by Gasteiger charge is 2.25. The van der Waals surface area contributed by atoms with Crippen LogP contribution in [-0.4, -0.2) is 0 Å². The molecular formula is C44H27N. The maximum atomic E-state index is 2.45. The normalized spacial score (nSPS) is 12.0. The fraction of sp³-hybridized carbons (Fsp3) is 0. The third-order valence-electron chi connectivity index (χ3n) is 9.74. The molecular weight excluding hydrogens is 542 g/mol. The van der Waals surface area contributed by atoms with Crippen LogP contribution in [0.4, 0.5) is 17.1 Å². The van der Waals surface area contributed by atoms with Gasteiger partial charge in [0.1, 0.15) is 0 Å². The molecule has 0 unspecified atom stereocenters. The average molecular weight is 570 g/mol. The van der Waals surface area contributed by atoms with Crippen molar-refractivity contribution in [2.45, 2.75) is 0 Å². The van der Waals surface area contributed by atoms with Crippen molar-refractivity contribution in [3.05, 3.63) is 164 Å². The molecule has 0 aromatic heterocycles. The van der Waals surface area contributed by atoms with Crippen LogP contribution in [-0.2, 0) is 0 Å². The van der Waals surface area contributed by atoms with Gasteiger partial charge in [0, 0.05) is 16.8 Å². The Bertz CT molecular complexity index is 2520. The zero-order valence-corrected chi connectivity index (χ0v) is 24.5. The minimum atomic E-state index is 1.15. The Kier molecular flexibility index (Phi) is 5.06. The second kappa shape index (κ2) is 9.29. The summed E-state index contributed by atoms with van der Waals surface area (Å²) < 4.78 is 0. The van der Waals surface area contributed by atoms with Gasteiger partial charge in [-0.2, -0.15) is 0 Å². The first-order chi connectivity index (χ1) is 22.3. The van der Waals surface area contributed by atoms with Crippen molar-refractivity contribution in [1.82, 2.24) is 0 Å². The molecule has 0 saturated heterocycles. The SMILES string of the molecule is c1ccc2c(c1)-c1cccc3c(N(c4ccc5c(ccc6ccccc65)c4)c4ccc5c(ccc6ccccc65)c4)ccc-2c13. The van der Waals surface area contributed by atoms with Crippen LogP contribution in [0.3, 0.4) is 0 Å². The van der Waals surface area contributed by atoms with Gasteiger partial charge < -0.3 is 4.90 Å². The van der Waals surface area contributed by atoms with Crippen molar-refractivity contribution in [2.24, 2.45) is 0 Å². The molecule has 10 rings (SSSR count). The molecule has 0 aliphatic heterocycles. The lowest BCUT2D eigenvalue weighted by molar-refractivity contribution is 1.31. The number of benzene rings is 9. The molecule has 0 spiro atoms. The van der Waals surface area contributed by atoms with Crippen molar-refractivity contribution in [3.8, 4) is 22.3 Å². The van der Waals surface area contributed by atoms with Gasteiger partial charge in [-0.3, -0.25) is 0 Å². The van der Waals surface area contributed by atoms with E-state index in [9.17, 15) is 0 Å². The lowest BCUT2D eigenvalue weighted by Crippen LogP contribution is -2.10. The lowest BCUT2D eigenvalue weighted by Gasteiger charge is -2.28. The Labute approximate surface area is 261 Å². The van der Waals surface area contributed by atoms with Gasteiger partial charge in [0.15, 0.2) is 0 Å². The zero-order valence-electron chi connectivity index (χ0n) is 24.5. The number of anilines is 3. The van der Waals surface area contributed by atoms with Crippen LogP contribution in [0.2, 0.25) is 0 Å². The van der Waals surface area contributed by atoms with Crippen LogP contribution in [0.25, 0.3) is 76.1 Å². The van der Waals surface area contributed by atoms with E-state index in [0.29, 0.717) is 0 Å². The molecule has 0 atom stereocenters. The minimum absolute atomic E-state index is 1.15. The van der Waals surface area contributed by atoms with Crippen molar-refractivity contribution in [1.29, 1.82) is 0 Å². The molecule has 0 saturated carbocycles. The largest absolute Gasteiger partial charge is 0.310 e. The Hall–Kier alpha value is -5.92. The molecule has 1 aliphatic rings. The summed E-state index contributed by atoms with van der Waals surface area (Å²) in [6.45, 7) is 0. The maximum Gasteiger partial charge on any atom is 0.0540 e.